The summed E-state index contributed by atoms with van der Waals surface area (Å²) in [5.74, 6) is 0.967. The molecule has 0 aliphatic carbocycles. The number of nitrogens with one attached hydrogen (secondary N) is 1. The number of hydrogen-bond donors (Lipinski definition) is 2. The van der Waals surface area contributed by atoms with Crippen molar-refractivity contribution >= 4 is 17.4 Å². The normalized spacial score (nSPS) is 10.1. The van der Waals surface area contributed by atoms with E-state index in [0.717, 1.165) is 47.7 Å². The maximum absolute atomic E-state index is 9.23. The first-order chi connectivity index (χ1) is 8.83. The summed E-state index contributed by atoms with van der Waals surface area (Å²) in [5.41, 5.74) is 1.66. The average Bonchev–Trinajstić information content (AvgIpc) is 2.39. The highest BCUT2D eigenvalue weighted by molar-refractivity contribution is 7.99. The molecule has 0 unspecified atom stereocenters. The van der Waals surface area contributed by atoms with Crippen LogP contribution in [0.15, 0.2) is 23.1 Å². The second-order valence-corrected chi connectivity index (χ2v) is 5.24. The molecule has 0 atom stereocenters. The topological polar surface area (TPSA) is 56.0 Å². The summed E-state index contributed by atoms with van der Waals surface area (Å²) in [7, 11) is 0. The molecule has 1 rings (SSSR count). The van der Waals surface area contributed by atoms with Crippen molar-refractivity contribution in [2.45, 2.75) is 31.1 Å². The Morgan fingerprint density at radius 1 is 1.33 bits per heavy atom. The number of aliphatic hydroxyl groups is 1. The third kappa shape index (κ3) is 4.59. The molecule has 3 nitrogen and oxygen atoms in total. The van der Waals surface area contributed by atoms with Crippen LogP contribution < -0.4 is 5.32 Å². The summed E-state index contributed by atoms with van der Waals surface area (Å²) in [6, 6.07) is 8.20. The molecule has 4 heteroatoms. The Balaban J connectivity index is 2.59. The van der Waals surface area contributed by atoms with Crippen molar-refractivity contribution in [2.75, 3.05) is 24.2 Å². The van der Waals surface area contributed by atoms with E-state index in [-0.39, 0.29) is 6.61 Å². The van der Waals surface area contributed by atoms with E-state index < -0.39 is 0 Å². The molecule has 1 aromatic rings. The fourth-order valence-corrected chi connectivity index (χ4v) is 2.49. The highest BCUT2D eigenvalue weighted by atomic mass is 32.2. The molecule has 0 heterocycles. The number of thioether (sulfide) groups is 1. The Hall–Kier alpha value is -1.18. The zero-order chi connectivity index (χ0) is 13.2. The van der Waals surface area contributed by atoms with Gasteiger partial charge < -0.3 is 10.4 Å². The van der Waals surface area contributed by atoms with Gasteiger partial charge in [-0.25, -0.2) is 0 Å². The van der Waals surface area contributed by atoms with Crippen molar-refractivity contribution in [3.63, 3.8) is 0 Å². The van der Waals surface area contributed by atoms with Gasteiger partial charge in [0.2, 0.25) is 0 Å². The van der Waals surface area contributed by atoms with Gasteiger partial charge in [0, 0.05) is 18.0 Å². The molecule has 0 bridgehead atoms. The largest absolute Gasteiger partial charge is 0.396 e. The molecule has 0 spiro atoms. The predicted octanol–water partition coefficient (Wildman–Crippen LogP) is 3.24. The van der Waals surface area contributed by atoms with Gasteiger partial charge in [0.25, 0.3) is 0 Å². The predicted molar refractivity (Wildman–Crippen MR) is 77.0 cm³/mol. The number of unbranched alkanes of at least 4 members (excludes halogenated alkanes) is 2. The van der Waals surface area contributed by atoms with Gasteiger partial charge in [0.05, 0.1) is 11.3 Å². The quantitative estimate of drug-likeness (QED) is 0.559. The first kappa shape index (κ1) is 14.9. The number of anilines is 1. The Morgan fingerprint density at radius 2 is 2.17 bits per heavy atom. The molecular weight excluding hydrogens is 244 g/mol. The fourth-order valence-electron chi connectivity index (χ4n) is 1.71. The second kappa shape index (κ2) is 8.84. The molecule has 0 saturated carbocycles. The van der Waals surface area contributed by atoms with Crippen molar-refractivity contribution in [1.29, 1.82) is 5.26 Å². The van der Waals surface area contributed by atoms with Crippen LogP contribution in [0.1, 0.15) is 31.7 Å². The Labute approximate surface area is 113 Å². The van der Waals surface area contributed by atoms with E-state index in [2.05, 4.69) is 18.3 Å². The molecule has 0 amide bonds. The van der Waals surface area contributed by atoms with Crippen LogP contribution in [0.4, 0.5) is 5.69 Å². The van der Waals surface area contributed by atoms with Gasteiger partial charge in [0.15, 0.2) is 0 Å². The summed E-state index contributed by atoms with van der Waals surface area (Å²) >= 11 is 1.69. The second-order valence-electron chi connectivity index (χ2n) is 3.93. The van der Waals surface area contributed by atoms with Crippen LogP contribution in [-0.4, -0.2) is 24.0 Å². The van der Waals surface area contributed by atoms with E-state index in [9.17, 15) is 5.26 Å². The molecular formula is C14H20N2OS. The van der Waals surface area contributed by atoms with Crippen molar-refractivity contribution < 1.29 is 5.11 Å². The lowest BCUT2D eigenvalue weighted by molar-refractivity contribution is 0.283. The maximum atomic E-state index is 9.23. The zero-order valence-corrected chi connectivity index (χ0v) is 11.6. The van der Waals surface area contributed by atoms with Gasteiger partial charge in [-0.15, -0.1) is 11.8 Å². The number of rotatable bonds is 8. The van der Waals surface area contributed by atoms with Gasteiger partial charge in [-0.3, -0.25) is 0 Å². The van der Waals surface area contributed by atoms with Crippen LogP contribution in [0, 0.1) is 11.3 Å². The van der Waals surface area contributed by atoms with Gasteiger partial charge in [0.1, 0.15) is 6.07 Å². The number of benzene rings is 1. The lowest BCUT2D eigenvalue weighted by Gasteiger charge is -2.10. The minimum atomic E-state index is 0.256. The number of nitrogens with zero attached hydrogens (tertiary/aromatic N) is 1. The lowest BCUT2D eigenvalue weighted by Crippen LogP contribution is -2.04. The minimum absolute atomic E-state index is 0.256. The Bertz CT molecular complexity index is 401. The molecule has 0 saturated heterocycles. The standard InChI is InChI=1S/C14H20N2OS/c1-2-18-14-8-6-7-13(12(14)11-15)16-9-4-3-5-10-17/h6-8,16-17H,2-5,9-10H2,1H3. The van der Waals surface area contributed by atoms with Crippen LogP contribution in [0.25, 0.3) is 0 Å². The molecule has 0 radical (unpaired) electrons. The van der Waals surface area contributed by atoms with Crippen LogP contribution in [-0.2, 0) is 0 Å². The molecule has 0 aliphatic rings. The van der Waals surface area contributed by atoms with E-state index in [1.807, 2.05) is 18.2 Å². The summed E-state index contributed by atoms with van der Waals surface area (Å²) in [6.07, 6.45) is 2.86. The van der Waals surface area contributed by atoms with Gasteiger partial charge in [-0.1, -0.05) is 13.0 Å². The third-order valence-electron chi connectivity index (χ3n) is 2.59. The van der Waals surface area contributed by atoms with E-state index in [0.29, 0.717) is 0 Å². The van der Waals surface area contributed by atoms with Crippen LogP contribution in [0.5, 0.6) is 0 Å². The zero-order valence-electron chi connectivity index (χ0n) is 10.8. The monoisotopic (exact) mass is 264 g/mol. The smallest absolute Gasteiger partial charge is 0.102 e. The first-order valence-electron chi connectivity index (χ1n) is 6.34. The van der Waals surface area contributed by atoms with Gasteiger partial charge in [-0.2, -0.15) is 5.26 Å². The van der Waals surface area contributed by atoms with Crippen molar-refractivity contribution in [3.05, 3.63) is 23.8 Å². The summed E-state index contributed by atoms with van der Waals surface area (Å²) in [6.45, 7) is 3.18. The lowest BCUT2D eigenvalue weighted by atomic mass is 10.2. The Morgan fingerprint density at radius 3 is 2.83 bits per heavy atom. The maximum Gasteiger partial charge on any atom is 0.102 e. The van der Waals surface area contributed by atoms with Crippen molar-refractivity contribution in [3.8, 4) is 6.07 Å². The third-order valence-corrected chi connectivity index (χ3v) is 3.53. The van der Waals surface area contributed by atoms with E-state index >= 15 is 0 Å². The first-order valence-corrected chi connectivity index (χ1v) is 7.32. The SMILES string of the molecule is CCSc1cccc(NCCCCCO)c1C#N. The highest BCUT2D eigenvalue weighted by Crippen LogP contribution is 2.27. The van der Waals surface area contributed by atoms with Gasteiger partial charge in [-0.05, 0) is 37.1 Å². The van der Waals surface area contributed by atoms with E-state index in [1.165, 1.54) is 0 Å². The summed E-state index contributed by atoms with van der Waals surface area (Å²) < 4.78 is 0. The Kier molecular flexibility index (Phi) is 7.31. The molecule has 18 heavy (non-hydrogen) atoms. The highest BCUT2D eigenvalue weighted by Gasteiger charge is 2.07. The van der Waals surface area contributed by atoms with Gasteiger partial charge >= 0.3 is 0 Å². The average molecular weight is 264 g/mol. The molecule has 98 valence electrons. The van der Waals surface area contributed by atoms with Crippen molar-refractivity contribution in [1.82, 2.24) is 0 Å². The molecule has 0 fully saturated rings. The van der Waals surface area contributed by atoms with Crippen molar-refractivity contribution in [2.24, 2.45) is 0 Å². The number of hydrogen-bond acceptors (Lipinski definition) is 4. The fraction of sp³-hybridized carbons (Fsp3) is 0.500. The van der Waals surface area contributed by atoms with E-state index in [4.69, 9.17) is 5.11 Å². The van der Waals surface area contributed by atoms with Crippen LogP contribution >= 0.6 is 11.8 Å². The number of aliphatic hydroxyl groups excluding tert-OH is 1. The number of nitriles is 1. The van der Waals surface area contributed by atoms with E-state index in [1.54, 1.807) is 11.8 Å². The molecule has 2 N–H and O–H groups in total. The molecule has 0 aromatic heterocycles. The molecule has 1 aromatic carbocycles. The molecule has 0 aliphatic heterocycles. The van der Waals surface area contributed by atoms with Crippen LogP contribution in [0.3, 0.4) is 0 Å². The van der Waals surface area contributed by atoms with Crippen LogP contribution in [0.2, 0.25) is 0 Å². The minimum Gasteiger partial charge on any atom is -0.396 e. The summed E-state index contributed by atoms with van der Waals surface area (Å²) in [5, 5.41) is 21.2. The summed E-state index contributed by atoms with van der Waals surface area (Å²) in [4.78, 5) is 1.04.